The van der Waals surface area contributed by atoms with Crippen LogP contribution in [0.3, 0.4) is 0 Å². The molecule has 2 spiro atoms. The van der Waals surface area contributed by atoms with Crippen molar-refractivity contribution in [3.05, 3.63) is 12.2 Å². The third-order valence-electron chi connectivity index (χ3n) is 8.88. The number of aliphatic hydroxyl groups excluding tert-OH is 3. The largest absolute Gasteiger partial charge is 0.392 e. The maximum Gasteiger partial charge on any atom is 0.208 e. The summed E-state index contributed by atoms with van der Waals surface area (Å²) in [7, 11) is 0. The number of ether oxygens (including phenoxy) is 1. The SMILES string of the molecule is C=C1C(=O)[C@@]23[C@H](O)[C@H]1CC[C@@H]2[C@@]12CO[C@@]3(O)[C@H](O)[C@H]1C(C)(C)CC[C@H]2O. The predicted molar refractivity (Wildman–Crippen MR) is 90.7 cm³/mol. The Morgan fingerprint density at radius 1 is 1.12 bits per heavy atom. The first kappa shape index (κ1) is 17.3. The normalized spacial score (nSPS) is 59.9. The number of ketones is 1. The van der Waals surface area contributed by atoms with Crippen molar-refractivity contribution in [3.63, 3.8) is 0 Å². The van der Waals surface area contributed by atoms with Crippen LogP contribution >= 0.6 is 0 Å². The summed E-state index contributed by atoms with van der Waals surface area (Å²) < 4.78 is 5.80. The van der Waals surface area contributed by atoms with Crippen LogP contribution in [-0.4, -0.2) is 56.9 Å². The summed E-state index contributed by atoms with van der Waals surface area (Å²) in [4.78, 5) is 13.3. The minimum absolute atomic E-state index is 0.0966. The molecule has 0 radical (unpaired) electrons. The van der Waals surface area contributed by atoms with Crippen molar-refractivity contribution in [1.82, 2.24) is 0 Å². The average Bonchev–Trinajstić information content (AvgIpc) is 2.69. The lowest BCUT2D eigenvalue weighted by Crippen LogP contribution is -2.85. The quantitative estimate of drug-likeness (QED) is 0.463. The molecule has 6 heteroatoms. The highest BCUT2D eigenvalue weighted by atomic mass is 16.6. The van der Waals surface area contributed by atoms with Gasteiger partial charge in [0, 0.05) is 17.3 Å². The second-order valence-electron chi connectivity index (χ2n) is 9.97. The van der Waals surface area contributed by atoms with Crippen LogP contribution in [0.25, 0.3) is 0 Å². The molecule has 4 saturated carbocycles. The molecule has 6 fully saturated rings. The van der Waals surface area contributed by atoms with Crippen molar-refractivity contribution in [1.29, 1.82) is 0 Å². The topological polar surface area (TPSA) is 107 Å². The lowest BCUT2D eigenvalue weighted by molar-refractivity contribution is -0.458. The van der Waals surface area contributed by atoms with Crippen molar-refractivity contribution in [2.45, 2.75) is 63.6 Å². The Bertz CT molecular complexity index is 717. The molecule has 2 heterocycles. The molecule has 0 amide bonds. The molecule has 0 aromatic heterocycles. The van der Waals surface area contributed by atoms with Gasteiger partial charge in [-0.25, -0.2) is 0 Å². The Hall–Kier alpha value is -0.790. The van der Waals surface area contributed by atoms with E-state index < -0.39 is 58.5 Å². The van der Waals surface area contributed by atoms with Crippen molar-refractivity contribution in [2.24, 2.45) is 34.0 Å². The standard InChI is InChI=1S/C20H28O6/c1-9-10-4-5-11-18-8-26-20(25,19(11,14(9)22)15(10)23)16(24)13(18)17(2,3)7-6-12(18)21/h10-13,15-16,21,23-25H,1,4-8H2,2-3H3/t10-,11+,12+,13-,15+,16+,18+,19+,20-/m0/s1. The number of hydrogen-bond donors (Lipinski definition) is 4. The number of fused-ring (bicyclic) bond motifs is 2. The Kier molecular flexibility index (Phi) is 3.07. The third kappa shape index (κ3) is 1.41. The van der Waals surface area contributed by atoms with E-state index >= 15 is 0 Å². The van der Waals surface area contributed by atoms with Crippen LogP contribution in [0.4, 0.5) is 0 Å². The molecule has 4 bridgehead atoms. The van der Waals surface area contributed by atoms with Gasteiger partial charge in [-0.1, -0.05) is 20.4 Å². The first-order chi connectivity index (χ1) is 12.1. The van der Waals surface area contributed by atoms with Gasteiger partial charge in [-0.05, 0) is 42.6 Å². The van der Waals surface area contributed by atoms with Gasteiger partial charge in [-0.15, -0.1) is 0 Å². The molecule has 9 atom stereocenters. The van der Waals surface area contributed by atoms with Crippen molar-refractivity contribution in [3.8, 4) is 0 Å². The lowest BCUT2D eigenvalue weighted by atomic mass is 9.35. The summed E-state index contributed by atoms with van der Waals surface area (Å²) in [6.07, 6.45) is -0.747. The summed E-state index contributed by atoms with van der Waals surface area (Å²) in [5.74, 6) is -3.80. The fraction of sp³-hybridized carbons (Fsp3) is 0.850. The Morgan fingerprint density at radius 3 is 2.50 bits per heavy atom. The molecular weight excluding hydrogens is 336 g/mol. The minimum atomic E-state index is -2.15. The number of hydrogen-bond acceptors (Lipinski definition) is 6. The second-order valence-corrected chi connectivity index (χ2v) is 9.97. The molecule has 0 aromatic rings. The first-order valence-corrected chi connectivity index (χ1v) is 9.71. The summed E-state index contributed by atoms with van der Waals surface area (Å²) in [6, 6.07) is 0. The molecule has 26 heavy (non-hydrogen) atoms. The van der Waals surface area contributed by atoms with E-state index in [2.05, 4.69) is 6.58 Å². The maximum atomic E-state index is 13.3. The van der Waals surface area contributed by atoms with Crippen LogP contribution in [0, 0.1) is 34.0 Å². The smallest absolute Gasteiger partial charge is 0.208 e. The third-order valence-corrected chi connectivity index (χ3v) is 8.88. The Morgan fingerprint density at radius 2 is 1.81 bits per heavy atom. The zero-order valence-electron chi connectivity index (χ0n) is 15.3. The van der Waals surface area contributed by atoms with Gasteiger partial charge in [-0.3, -0.25) is 4.79 Å². The molecule has 0 aromatic carbocycles. The zero-order chi connectivity index (χ0) is 18.9. The first-order valence-electron chi connectivity index (χ1n) is 9.71. The van der Waals surface area contributed by atoms with Crippen molar-refractivity contribution in [2.75, 3.05) is 6.61 Å². The van der Waals surface area contributed by atoms with E-state index in [4.69, 9.17) is 4.74 Å². The van der Waals surface area contributed by atoms with Crippen molar-refractivity contribution >= 4 is 5.78 Å². The fourth-order valence-corrected chi connectivity index (χ4v) is 7.90. The van der Waals surface area contributed by atoms with E-state index in [1.165, 1.54) is 0 Å². The van der Waals surface area contributed by atoms with E-state index in [9.17, 15) is 25.2 Å². The number of rotatable bonds is 0. The molecule has 4 aliphatic carbocycles. The molecule has 4 N–H and O–H groups in total. The van der Waals surface area contributed by atoms with Crippen LogP contribution in [-0.2, 0) is 9.53 Å². The number of aliphatic hydroxyl groups is 4. The lowest BCUT2D eigenvalue weighted by Gasteiger charge is -2.74. The van der Waals surface area contributed by atoms with Crippen molar-refractivity contribution < 1.29 is 30.0 Å². The van der Waals surface area contributed by atoms with Gasteiger partial charge in [-0.2, -0.15) is 0 Å². The molecule has 0 unspecified atom stereocenters. The molecule has 6 aliphatic rings. The van der Waals surface area contributed by atoms with Gasteiger partial charge in [0.05, 0.1) is 18.8 Å². The minimum Gasteiger partial charge on any atom is -0.392 e. The summed E-state index contributed by atoms with van der Waals surface area (Å²) in [6.45, 7) is 8.07. The second kappa shape index (κ2) is 4.61. The van der Waals surface area contributed by atoms with Gasteiger partial charge in [0.15, 0.2) is 5.78 Å². The van der Waals surface area contributed by atoms with E-state index in [0.717, 1.165) is 6.42 Å². The molecule has 6 nitrogen and oxygen atoms in total. The van der Waals surface area contributed by atoms with Gasteiger partial charge in [0.2, 0.25) is 5.79 Å². The maximum absolute atomic E-state index is 13.3. The van der Waals surface area contributed by atoms with Crippen LogP contribution in [0.2, 0.25) is 0 Å². The van der Waals surface area contributed by atoms with E-state index in [0.29, 0.717) is 24.8 Å². The molecule has 6 rings (SSSR count). The van der Waals surface area contributed by atoms with Gasteiger partial charge >= 0.3 is 0 Å². The molecule has 2 saturated heterocycles. The van der Waals surface area contributed by atoms with Gasteiger partial charge in [0.25, 0.3) is 0 Å². The van der Waals surface area contributed by atoms with Crippen LogP contribution in [0.5, 0.6) is 0 Å². The number of carbonyl (C=O) groups is 1. The zero-order valence-corrected chi connectivity index (χ0v) is 15.3. The Labute approximate surface area is 152 Å². The van der Waals surface area contributed by atoms with E-state index in [-0.39, 0.29) is 12.0 Å². The van der Waals surface area contributed by atoms with E-state index in [1.54, 1.807) is 0 Å². The van der Waals surface area contributed by atoms with Crippen LogP contribution in [0.1, 0.15) is 39.5 Å². The highest BCUT2D eigenvalue weighted by molar-refractivity contribution is 6.05. The highest BCUT2D eigenvalue weighted by Crippen LogP contribution is 2.76. The summed E-state index contributed by atoms with van der Waals surface area (Å²) in [5, 5.41) is 45.1. The fourth-order valence-electron chi connectivity index (χ4n) is 7.90. The summed E-state index contributed by atoms with van der Waals surface area (Å²) in [5.41, 5.74) is -2.49. The van der Waals surface area contributed by atoms with E-state index in [1.807, 2.05) is 13.8 Å². The van der Waals surface area contributed by atoms with Gasteiger partial charge in [0.1, 0.15) is 11.5 Å². The average molecular weight is 364 g/mol. The molecule has 2 aliphatic heterocycles. The monoisotopic (exact) mass is 364 g/mol. The highest BCUT2D eigenvalue weighted by Gasteiger charge is 2.86. The predicted octanol–water partition coefficient (Wildman–Crippen LogP) is 0.376. The van der Waals surface area contributed by atoms with Crippen LogP contribution in [0.15, 0.2) is 12.2 Å². The Balaban J connectivity index is 1.81. The van der Waals surface area contributed by atoms with Crippen LogP contribution < -0.4 is 0 Å². The summed E-state index contributed by atoms with van der Waals surface area (Å²) >= 11 is 0. The molecular formula is C20H28O6. The number of Topliss-reactive ketones (excluding diaryl/α,β-unsaturated/α-hetero) is 1. The van der Waals surface area contributed by atoms with Gasteiger partial charge < -0.3 is 25.2 Å². The molecule has 144 valence electrons. The number of carbonyl (C=O) groups excluding carboxylic acids is 1.